The Bertz CT molecular complexity index is 142. The fourth-order valence-corrected chi connectivity index (χ4v) is 0.486. The molecule has 6 heteroatoms. The zero-order valence-electron chi connectivity index (χ0n) is 4.47. The van der Waals surface area contributed by atoms with E-state index in [1.807, 2.05) is 0 Å². The Morgan fingerprint density at radius 3 is 1.60 bits per heavy atom. The molecule has 60 valence electrons. The lowest BCUT2D eigenvalue weighted by molar-refractivity contribution is -0.0943. The first-order chi connectivity index (χ1) is 4.39. The summed E-state index contributed by atoms with van der Waals surface area (Å²) in [5, 5.41) is 0. The second-order valence-corrected chi connectivity index (χ2v) is 1.64. The summed E-state index contributed by atoms with van der Waals surface area (Å²) in [6.45, 7) is 0. The van der Waals surface area contributed by atoms with Gasteiger partial charge in [0, 0.05) is 0 Å². The van der Waals surface area contributed by atoms with E-state index >= 15 is 0 Å². The summed E-state index contributed by atoms with van der Waals surface area (Å²) < 4.78 is 56.6. The van der Waals surface area contributed by atoms with Gasteiger partial charge in [-0.2, -0.15) is 22.0 Å². The molecule has 0 atom stereocenters. The van der Waals surface area contributed by atoms with Crippen LogP contribution in [0.3, 0.4) is 0 Å². The molecule has 0 aromatic heterocycles. The summed E-state index contributed by atoms with van der Waals surface area (Å²) >= 11 is 4.59. The normalized spacial score (nSPS) is 11.4. The topological polar surface area (TPSA) is 0 Å². The van der Waals surface area contributed by atoms with E-state index in [1.165, 1.54) is 0 Å². The number of allylic oxidation sites excluding steroid dienone is 1. The van der Waals surface area contributed by atoms with Crippen molar-refractivity contribution in [3.8, 4) is 0 Å². The van der Waals surface area contributed by atoms with Gasteiger partial charge >= 0.3 is 6.18 Å². The number of hydrogen-bond acceptors (Lipinski definition) is 0. The Hall–Kier alpha value is -0.320. The maximum absolute atomic E-state index is 11.3. The van der Waals surface area contributed by atoms with E-state index in [9.17, 15) is 22.0 Å². The number of hydrogen-bond donors (Lipinski definition) is 0. The van der Waals surface area contributed by atoms with Crippen molar-refractivity contribution >= 4 is 11.6 Å². The van der Waals surface area contributed by atoms with E-state index in [0.717, 1.165) is 0 Å². The molecular weight excluding hydrogens is 178 g/mol. The second kappa shape index (κ2) is 3.18. The Labute approximate surface area is 58.3 Å². The minimum absolute atomic E-state index is 1.22. The number of halogens is 6. The van der Waals surface area contributed by atoms with Crippen molar-refractivity contribution in [3.05, 3.63) is 11.7 Å². The minimum Gasteiger partial charge on any atom is -0.173 e. The van der Waals surface area contributed by atoms with Gasteiger partial charge in [-0.1, -0.05) is 0 Å². The van der Waals surface area contributed by atoms with Crippen molar-refractivity contribution in [2.24, 2.45) is 0 Å². The lowest BCUT2D eigenvalue weighted by Gasteiger charge is -2.05. The highest BCUT2D eigenvalue weighted by molar-refractivity contribution is 6.19. The van der Waals surface area contributed by atoms with Crippen LogP contribution in [-0.4, -0.2) is 12.1 Å². The minimum atomic E-state index is -5.01. The van der Waals surface area contributed by atoms with Crippen LogP contribution < -0.4 is 0 Å². The molecule has 0 aliphatic carbocycles. The van der Waals surface area contributed by atoms with Crippen molar-refractivity contribution in [1.29, 1.82) is 0 Å². The second-order valence-electron chi connectivity index (χ2n) is 1.37. The van der Waals surface area contributed by atoms with E-state index in [4.69, 9.17) is 0 Å². The van der Waals surface area contributed by atoms with Gasteiger partial charge in [0.05, 0.1) is 5.88 Å². The molecule has 0 spiro atoms. The highest BCUT2D eigenvalue weighted by Crippen LogP contribution is 2.29. The lowest BCUT2D eigenvalue weighted by Crippen LogP contribution is -2.13. The molecule has 0 rings (SSSR count). The predicted molar refractivity (Wildman–Crippen MR) is 26.0 cm³/mol. The summed E-state index contributed by atoms with van der Waals surface area (Å²) in [4.78, 5) is 0. The third-order valence-electron chi connectivity index (χ3n) is 0.704. The summed E-state index contributed by atoms with van der Waals surface area (Å²) in [5.74, 6) is -1.22. The predicted octanol–water partition coefficient (Wildman–Crippen LogP) is 2.94. The van der Waals surface area contributed by atoms with E-state index in [1.54, 1.807) is 0 Å². The Kier molecular flexibility index (Phi) is 3.08. The highest BCUT2D eigenvalue weighted by Gasteiger charge is 2.36. The van der Waals surface area contributed by atoms with E-state index in [0.29, 0.717) is 0 Å². The third-order valence-corrected chi connectivity index (χ3v) is 0.971. The Morgan fingerprint density at radius 1 is 1.20 bits per heavy atom. The van der Waals surface area contributed by atoms with Gasteiger partial charge < -0.3 is 0 Å². The molecule has 0 aromatic carbocycles. The summed E-state index contributed by atoms with van der Waals surface area (Å²) in [7, 11) is 0. The van der Waals surface area contributed by atoms with Gasteiger partial charge in [0.15, 0.2) is 0 Å². The van der Waals surface area contributed by atoms with Crippen LogP contribution in [-0.2, 0) is 0 Å². The van der Waals surface area contributed by atoms with Crippen molar-refractivity contribution < 1.29 is 22.0 Å². The van der Waals surface area contributed by atoms with Crippen molar-refractivity contribution in [1.82, 2.24) is 0 Å². The van der Waals surface area contributed by atoms with Gasteiger partial charge in [0.25, 0.3) is 6.08 Å². The van der Waals surface area contributed by atoms with Gasteiger partial charge in [-0.05, 0) is 0 Å². The smallest absolute Gasteiger partial charge is 0.173 e. The molecule has 0 radical (unpaired) electrons. The van der Waals surface area contributed by atoms with Gasteiger partial charge in [0.2, 0.25) is 0 Å². The molecule has 0 amide bonds. The first kappa shape index (κ1) is 9.68. The molecule has 10 heavy (non-hydrogen) atoms. The average molecular weight is 181 g/mol. The van der Waals surface area contributed by atoms with Crippen LogP contribution in [0.1, 0.15) is 0 Å². The van der Waals surface area contributed by atoms with Gasteiger partial charge in [-0.15, -0.1) is 11.6 Å². The van der Waals surface area contributed by atoms with Crippen molar-refractivity contribution in [2.45, 2.75) is 6.18 Å². The third kappa shape index (κ3) is 2.51. The van der Waals surface area contributed by atoms with E-state index in [-0.39, 0.29) is 0 Å². The maximum atomic E-state index is 11.3. The van der Waals surface area contributed by atoms with Crippen LogP contribution in [0.5, 0.6) is 0 Å². The molecule has 0 saturated carbocycles. The zero-order valence-corrected chi connectivity index (χ0v) is 5.23. The Morgan fingerprint density at radius 2 is 1.60 bits per heavy atom. The molecule has 0 aromatic rings. The van der Waals surface area contributed by atoms with Gasteiger partial charge in [0.1, 0.15) is 5.57 Å². The van der Waals surface area contributed by atoms with E-state index < -0.39 is 23.7 Å². The largest absolute Gasteiger partial charge is 0.418 e. The van der Waals surface area contributed by atoms with Crippen LogP contribution in [0, 0.1) is 0 Å². The molecule has 0 nitrogen and oxygen atoms in total. The molecule has 0 unspecified atom stereocenters. The van der Waals surface area contributed by atoms with Crippen LogP contribution in [0.2, 0.25) is 0 Å². The van der Waals surface area contributed by atoms with Crippen LogP contribution in [0.25, 0.3) is 0 Å². The zero-order chi connectivity index (χ0) is 8.36. The lowest BCUT2D eigenvalue weighted by atomic mass is 10.3. The first-order valence-corrected chi connectivity index (χ1v) is 2.60. The summed E-state index contributed by atoms with van der Waals surface area (Å²) in [5.41, 5.74) is -1.98. The summed E-state index contributed by atoms with van der Waals surface area (Å²) in [6, 6.07) is 0. The molecule has 0 saturated heterocycles. The fraction of sp³-hybridized carbons (Fsp3) is 0.500. The maximum Gasteiger partial charge on any atom is 0.418 e. The molecule has 0 N–H and O–H groups in total. The van der Waals surface area contributed by atoms with Crippen molar-refractivity contribution in [2.75, 3.05) is 5.88 Å². The Balaban J connectivity index is 4.55. The van der Waals surface area contributed by atoms with E-state index in [2.05, 4.69) is 11.6 Å². The summed E-state index contributed by atoms with van der Waals surface area (Å²) in [6.07, 6.45) is -7.79. The average Bonchev–Trinajstić information content (AvgIpc) is 1.60. The molecule has 0 fully saturated rings. The molecular formula is C4H2ClF5. The highest BCUT2D eigenvalue weighted by atomic mass is 35.5. The monoisotopic (exact) mass is 180 g/mol. The van der Waals surface area contributed by atoms with Crippen LogP contribution in [0.15, 0.2) is 11.7 Å². The van der Waals surface area contributed by atoms with Gasteiger partial charge in [-0.25, -0.2) is 0 Å². The number of alkyl halides is 4. The van der Waals surface area contributed by atoms with Crippen molar-refractivity contribution in [3.63, 3.8) is 0 Å². The van der Waals surface area contributed by atoms with Crippen LogP contribution >= 0.6 is 11.6 Å². The fourth-order valence-electron chi connectivity index (χ4n) is 0.233. The van der Waals surface area contributed by atoms with Crippen LogP contribution in [0.4, 0.5) is 22.0 Å². The quantitative estimate of drug-likeness (QED) is 0.430. The standard InChI is InChI=1S/C4H2ClF5/c5-1-2(3(6)7)4(8,9)10/h1H2. The molecule has 0 aliphatic heterocycles. The number of rotatable bonds is 1. The molecule has 0 aliphatic rings. The molecule has 0 heterocycles. The van der Waals surface area contributed by atoms with Gasteiger partial charge in [-0.3, -0.25) is 0 Å². The molecule has 0 bridgehead atoms. The SMILES string of the molecule is FC(F)=C(CCl)C(F)(F)F. The first-order valence-electron chi connectivity index (χ1n) is 2.07.